The molecule has 1 amide bonds. The van der Waals surface area contributed by atoms with E-state index in [0.717, 1.165) is 4.31 Å². The Labute approximate surface area is 117 Å². The molecule has 0 bridgehead atoms. The minimum Gasteiger partial charge on any atom is -0.497 e. The van der Waals surface area contributed by atoms with Crippen LogP contribution in [0, 0.1) is 0 Å². The highest BCUT2D eigenvalue weighted by molar-refractivity contribution is 7.89. The van der Waals surface area contributed by atoms with Gasteiger partial charge in [-0.05, 0) is 18.6 Å². The van der Waals surface area contributed by atoms with Crippen molar-refractivity contribution in [3.63, 3.8) is 0 Å². The molecule has 0 atom stereocenters. The number of carbonyl (C=O) groups excluding carboxylic acids is 1. The summed E-state index contributed by atoms with van der Waals surface area (Å²) in [6, 6.07) is 4.37. The zero-order valence-corrected chi connectivity index (χ0v) is 11.9. The Morgan fingerprint density at radius 1 is 1.40 bits per heavy atom. The van der Waals surface area contributed by atoms with Gasteiger partial charge in [0.25, 0.3) is 0 Å². The van der Waals surface area contributed by atoms with Crippen LogP contribution in [0.4, 0.5) is 5.69 Å². The number of carbonyl (C=O) groups is 1. The molecule has 1 fully saturated rings. The fourth-order valence-electron chi connectivity index (χ4n) is 2.01. The van der Waals surface area contributed by atoms with Gasteiger partial charge in [-0.15, -0.1) is 0 Å². The second kappa shape index (κ2) is 5.68. The molecule has 0 radical (unpaired) electrons. The third-order valence-corrected chi connectivity index (χ3v) is 4.98. The van der Waals surface area contributed by atoms with E-state index in [2.05, 4.69) is 5.32 Å². The summed E-state index contributed by atoms with van der Waals surface area (Å²) in [5.41, 5.74) is 5.88. The van der Waals surface area contributed by atoms with Crippen LogP contribution in [0.25, 0.3) is 0 Å². The van der Waals surface area contributed by atoms with Crippen LogP contribution in [0.5, 0.6) is 5.75 Å². The van der Waals surface area contributed by atoms with E-state index in [-0.39, 0.29) is 29.6 Å². The van der Waals surface area contributed by atoms with Crippen molar-refractivity contribution < 1.29 is 17.9 Å². The lowest BCUT2D eigenvalue weighted by Crippen LogP contribution is -2.37. The SMILES string of the molecule is COc1ccc(S(=O)(=O)N2CCCNC(=O)C2)c(N)c1. The molecule has 0 unspecified atom stereocenters. The molecule has 1 saturated heterocycles. The zero-order chi connectivity index (χ0) is 14.8. The van der Waals surface area contributed by atoms with Crippen molar-refractivity contribution in [2.24, 2.45) is 0 Å². The number of anilines is 1. The molecule has 8 heteroatoms. The lowest BCUT2D eigenvalue weighted by molar-refractivity contribution is -0.120. The normalized spacial score (nSPS) is 17.4. The topological polar surface area (TPSA) is 102 Å². The van der Waals surface area contributed by atoms with Gasteiger partial charge in [0.05, 0.1) is 19.3 Å². The fraction of sp³-hybridized carbons (Fsp3) is 0.417. The highest BCUT2D eigenvalue weighted by Gasteiger charge is 2.29. The molecule has 3 N–H and O–H groups in total. The van der Waals surface area contributed by atoms with E-state index in [9.17, 15) is 13.2 Å². The van der Waals surface area contributed by atoms with Crippen molar-refractivity contribution in [2.75, 3.05) is 32.5 Å². The number of methoxy groups -OCH3 is 1. The van der Waals surface area contributed by atoms with Crippen molar-refractivity contribution in [3.8, 4) is 5.75 Å². The Hall–Kier alpha value is -1.80. The molecule has 1 aromatic rings. The lowest BCUT2D eigenvalue weighted by atomic mass is 10.3. The van der Waals surface area contributed by atoms with Gasteiger partial charge < -0.3 is 15.8 Å². The van der Waals surface area contributed by atoms with Crippen LogP contribution in [0.15, 0.2) is 23.1 Å². The molecule has 1 heterocycles. The van der Waals surface area contributed by atoms with Crippen molar-refractivity contribution in [3.05, 3.63) is 18.2 Å². The molecule has 1 aliphatic rings. The monoisotopic (exact) mass is 299 g/mol. The van der Waals surface area contributed by atoms with Crippen LogP contribution in [0.3, 0.4) is 0 Å². The maximum absolute atomic E-state index is 12.5. The predicted octanol–water partition coefficient (Wildman–Crippen LogP) is -0.212. The number of nitrogens with zero attached hydrogens (tertiary/aromatic N) is 1. The van der Waals surface area contributed by atoms with Gasteiger partial charge in [-0.2, -0.15) is 4.31 Å². The third kappa shape index (κ3) is 2.86. The largest absolute Gasteiger partial charge is 0.497 e. The average Bonchev–Trinajstić information content (AvgIpc) is 2.63. The molecule has 0 saturated carbocycles. The van der Waals surface area contributed by atoms with Gasteiger partial charge in [0.15, 0.2) is 0 Å². The highest BCUT2D eigenvalue weighted by atomic mass is 32.2. The van der Waals surface area contributed by atoms with E-state index in [1.165, 1.54) is 25.3 Å². The number of hydrogen-bond donors (Lipinski definition) is 2. The summed E-state index contributed by atoms with van der Waals surface area (Å²) in [6.07, 6.45) is 0.570. The summed E-state index contributed by atoms with van der Waals surface area (Å²) in [5, 5.41) is 2.63. The summed E-state index contributed by atoms with van der Waals surface area (Å²) in [5.74, 6) is 0.174. The third-order valence-electron chi connectivity index (χ3n) is 3.06. The van der Waals surface area contributed by atoms with E-state index < -0.39 is 10.0 Å². The summed E-state index contributed by atoms with van der Waals surface area (Å²) < 4.78 is 31.2. The summed E-state index contributed by atoms with van der Waals surface area (Å²) >= 11 is 0. The number of ether oxygens (including phenoxy) is 1. The fourth-order valence-corrected chi connectivity index (χ4v) is 3.54. The van der Waals surface area contributed by atoms with Gasteiger partial charge in [0, 0.05) is 19.2 Å². The number of nitrogen functional groups attached to an aromatic ring is 1. The summed E-state index contributed by atoms with van der Waals surface area (Å²) in [4.78, 5) is 11.5. The second-order valence-electron chi connectivity index (χ2n) is 4.45. The molecule has 0 aromatic heterocycles. The molecule has 0 aliphatic carbocycles. The Kier molecular flexibility index (Phi) is 4.15. The van der Waals surface area contributed by atoms with E-state index in [1.54, 1.807) is 0 Å². The summed E-state index contributed by atoms with van der Waals surface area (Å²) in [6.45, 7) is 0.573. The minimum atomic E-state index is -3.78. The van der Waals surface area contributed by atoms with Gasteiger partial charge in [-0.3, -0.25) is 4.79 Å². The van der Waals surface area contributed by atoms with E-state index in [1.807, 2.05) is 0 Å². The number of benzene rings is 1. The first-order valence-electron chi connectivity index (χ1n) is 6.15. The molecule has 0 spiro atoms. The van der Waals surface area contributed by atoms with E-state index >= 15 is 0 Å². The van der Waals surface area contributed by atoms with Crippen LogP contribution < -0.4 is 15.8 Å². The zero-order valence-electron chi connectivity index (χ0n) is 11.1. The quantitative estimate of drug-likeness (QED) is 0.752. The number of amides is 1. The first kappa shape index (κ1) is 14.6. The van der Waals surface area contributed by atoms with Gasteiger partial charge in [0.2, 0.25) is 15.9 Å². The first-order valence-corrected chi connectivity index (χ1v) is 7.59. The van der Waals surface area contributed by atoms with Crippen LogP contribution >= 0.6 is 0 Å². The Morgan fingerprint density at radius 2 is 2.15 bits per heavy atom. The van der Waals surface area contributed by atoms with Crippen LogP contribution in [0.1, 0.15) is 6.42 Å². The van der Waals surface area contributed by atoms with Crippen molar-refractivity contribution in [2.45, 2.75) is 11.3 Å². The molecule has 7 nitrogen and oxygen atoms in total. The van der Waals surface area contributed by atoms with Crippen LogP contribution in [-0.2, 0) is 14.8 Å². The van der Waals surface area contributed by atoms with Crippen molar-refractivity contribution >= 4 is 21.6 Å². The van der Waals surface area contributed by atoms with Crippen LogP contribution in [-0.4, -0.2) is 45.4 Å². The molecular weight excluding hydrogens is 282 g/mol. The number of hydrogen-bond acceptors (Lipinski definition) is 5. The van der Waals surface area contributed by atoms with Gasteiger partial charge >= 0.3 is 0 Å². The number of nitrogens with one attached hydrogen (secondary N) is 1. The number of sulfonamides is 1. The van der Waals surface area contributed by atoms with Crippen molar-refractivity contribution in [1.29, 1.82) is 0 Å². The number of nitrogens with two attached hydrogens (primary N) is 1. The number of rotatable bonds is 3. The lowest BCUT2D eigenvalue weighted by Gasteiger charge is -2.20. The second-order valence-corrected chi connectivity index (χ2v) is 6.35. The summed E-state index contributed by atoms with van der Waals surface area (Å²) in [7, 11) is -2.31. The molecule has 20 heavy (non-hydrogen) atoms. The smallest absolute Gasteiger partial charge is 0.245 e. The predicted molar refractivity (Wildman–Crippen MR) is 73.8 cm³/mol. The molecule has 2 rings (SSSR count). The maximum atomic E-state index is 12.5. The molecule has 110 valence electrons. The highest BCUT2D eigenvalue weighted by Crippen LogP contribution is 2.26. The standard InChI is InChI=1S/C12H17N3O4S/c1-19-9-3-4-11(10(13)7-9)20(17,18)15-6-2-5-14-12(16)8-15/h3-4,7H,2,5-6,8,13H2,1H3,(H,14,16). The van der Waals surface area contributed by atoms with E-state index in [4.69, 9.17) is 10.5 Å². The first-order chi connectivity index (χ1) is 9.45. The van der Waals surface area contributed by atoms with E-state index in [0.29, 0.717) is 18.7 Å². The Bertz CT molecular complexity index is 615. The maximum Gasteiger partial charge on any atom is 0.245 e. The molecular formula is C12H17N3O4S. The molecule has 1 aliphatic heterocycles. The average molecular weight is 299 g/mol. The van der Waals surface area contributed by atoms with Crippen LogP contribution in [0.2, 0.25) is 0 Å². The Balaban J connectivity index is 2.36. The van der Waals surface area contributed by atoms with Gasteiger partial charge in [-0.25, -0.2) is 8.42 Å². The minimum absolute atomic E-state index is 0.00648. The molecule has 1 aromatic carbocycles. The van der Waals surface area contributed by atoms with Gasteiger partial charge in [-0.1, -0.05) is 0 Å². The van der Waals surface area contributed by atoms with Gasteiger partial charge in [0.1, 0.15) is 10.6 Å². The van der Waals surface area contributed by atoms with Crippen molar-refractivity contribution in [1.82, 2.24) is 9.62 Å². The Morgan fingerprint density at radius 3 is 2.80 bits per heavy atom.